The van der Waals surface area contributed by atoms with Crippen molar-refractivity contribution in [1.29, 1.82) is 0 Å². The van der Waals surface area contributed by atoms with Crippen LogP contribution in [0.4, 0.5) is 4.79 Å². The van der Waals surface area contributed by atoms with Gasteiger partial charge in [-0.15, -0.1) is 0 Å². The van der Waals surface area contributed by atoms with Gasteiger partial charge in [-0.2, -0.15) is 8.42 Å². The van der Waals surface area contributed by atoms with Crippen LogP contribution in [-0.2, 0) is 19.6 Å². The molecule has 2 amide bonds. The van der Waals surface area contributed by atoms with Crippen LogP contribution < -0.4 is 0 Å². The van der Waals surface area contributed by atoms with Gasteiger partial charge in [0.25, 0.3) is 10.1 Å². The minimum absolute atomic E-state index is 0.166. The van der Waals surface area contributed by atoms with Crippen LogP contribution in [0, 0.1) is 13.8 Å². The molecule has 1 aliphatic heterocycles. The lowest BCUT2D eigenvalue weighted by molar-refractivity contribution is -0.128. The van der Waals surface area contributed by atoms with Crippen molar-refractivity contribution >= 4 is 22.1 Å². The van der Waals surface area contributed by atoms with Gasteiger partial charge in [0.05, 0.1) is 10.9 Å². The second-order valence-corrected chi connectivity index (χ2v) is 8.58. The molecule has 1 saturated heterocycles. The highest BCUT2D eigenvalue weighted by molar-refractivity contribution is 7.85. The van der Waals surface area contributed by atoms with Crippen LogP contribution in [0.5, 0.6) is 0 Å². The van der Waals surface area contributed by atoms with E-state index in [1.54, 1.807) is 40.7 Å². The van der Waals surface area contributed by atoms with Crippen LogP contribution >= 0.6 is 0 Å². The van der Waals surface area contributed by atoms with E-state index in [-0.39, 0.29) is 17.2 Å². The van der Waals surface area contributed by atoms with E-state index in [0.29, 0.717) is 17.5 Å². The van der Waals surface area contributed by atoms with Gasteiger partial charge in [-0.25, -0.2) is 9.69 Å². The van der Waals surface area contributed by atoms with Gasteiger partial charge in [-0.05, 0) is 63.8 Å². The molecule has 0 aliphatic carbocycles. The zero-order chi connectivity index (χ0) is 19.2. The molecule has 1 atom stereocenters. The number of nitrogens with zero attached hydrogens (tertiary/aromatic N) is 1. The highest BCUT2D eigenvalue weighted by Crippen LogP contribution is 2.39. The Kier molecular flexibility index (Phi) is 4.98. The molecule has 2 rings (SSSR count). The Hall–Kier alpha value is -1.93. The van der Waals surface area contributed by atoms with Gasteiger partial charge in [-0.3, -0.25) is 9.35 Å². The van der Waals surface area contributed by atoms with E-state index in [9.17, 15) is 22.6 Å². The monoisotopic (exact) mass is 369 g/mol. The van der Waals surface area contributed by atoms with Gasteiger partial charge < -0.3 is 4.74 Å². The molecule has 1 aromatic rings. The van der Waals surface area contributed by atoms with Gasteiger partial charge in [0.2, 0.25) is 5.91 Å². The SMILES string of the molecule is Cc1ccc(S(=O)(=O)O)c(C)c1[C@@H]1CCC(=O)N1C(=O)OC(C)(C)C. The maximum absolute atomic E-state index is 12.5. The Balaban J connectivity index is 2.53. The molecule has 1 N–H and O–H groups in total. The summed E-state index contributed by atoms with van der Waals surface area (Å²) in [6.07, 6.45) is -0.218. The molecule has 1 fully saturated rings. The lowest BCUT2D eigenvalue weighted by Crippen LogP contribution is -2.39. The Morgan fingerprint density at radius 1 is 1.28 bits per heavy atom. The molecular weight excluding hydrogens is 346 g/mol. The summed E-state index contributed by atoms with van der Waals surface area (Å²) in [5.74, 6) is -0.365. The highest BCUT2D eigenvalue weighted by Gasteiger charge is 2.41. The summed E-state index contributed by atoms with van der Waals surface area (Å²) < 4.78 is 37.9. The fourth-order valence-corrected chi connectivity index (χ4v) is 3.87. The molecule has 1 aliphatic rings. The Morgan fingerprint density at radius 3 is 2.40 bits per heavy atom. The summed E-state index contributed by atoms with van der Waals surface area (Å²) in [6, 6.07) is 2.25. The van der Waals surface area contributed by atoms with E-state index in [4.69, 9.17) is 4.74 Å². The van der Waals surface area contributed by atoms with Crippen molar-refractivity contribution < 1.29 is 27.3 Å². The quantitative estimate of drug-likeness (QED) is 0.804. The molecule has 25 heavy (non-hydrogen) atoms. The first-order chi connectivity index (χ1) is 11.3. The number of carbonyl (C=O) groups is 2. The van der Waals surface area contributed by atoms with E-state index in [0.717, 1.165) is 10.5 Å². The van der Waals surface area contributed by atoms with Crippen LogP contribution in [-0.4, -0.2) is 35.5 Å². The van der Waals surface area contributed by atoms with Crippen molar-refractivity contribution in [3.8, 4) is 0 Å². The summed E-state index contributed by atoms with van der Waals surface area (Å²) in [5, 5.41) is 0. The minimum atomic E-state index is -4.40. The van der Waals surface area contributed by atoms with E-state index < -0.39 is 27.9 Å². The minimum Gasteiger partial charge on any atom is -0.443 e. The average Bonchev–Trinajstić information content (AvgIpc) is 2.77. The van der Waals surface area contributed by atoms with E-state index in [1.165, 1.54) is 6.07 Å². The van der Waals surface area contributed by atoms with Crippen molar-refractivity contribution in [3.05, 3.63) is 28.8 Å². The Bertz CT molecular complexity index is 822. The van der Waals surface area contributed by atoms with Crippen LogP contribution in [0.2, 0.25) is 0 Å². The van der Waals surface area contributed by atoms with Gasteiger partial charge in [-0.1, -0.05) is 6.07 Å². The molecule has 1 heterocycles. The van der Waals surface area contributed by atoms with Crippen molar-refractivity contribution in [2.24, 2.45) is 0 Å². The third-order valence-electron chi connectivity index (χ3n) is 4.10. The second-order valence-electron chi connectivity index (χ2n) is 7.19. The number of amides is 2. The molecule has 0 aromatic heterocycles. The molecular formula is C17H23NO6S. The summed E-state index contributed by atoms with van der Waals surface area (Å²) in [5.41, 5.74) is 0.853. The van der Waals surface area contributed by atoms with E-state index in [1.807, 2.05) is 0 Å². The zero-order valence-corrected chi connectivity index (χ0v) is 15.8. The van der Waals surface area contributed by atoms with E-state index >= 15 is 0 Å². The second kappa shape index (κ2) is 6.42. The first kappa shape index (κ1) is 19.4. The topological polar surface area (TPSA) is 101 Å². The maximum Gasteiger partial charge on any atom is 0.417 e. The lowest BCUT2D eigenvalue weighted by Gasteiger charge is -2.29. The van der Waals surface area contributed by atoms with E-state index in [2.05, 4.69) is 0 Å². The molecule has 138 valence electrons. The normalized spacial score (nSPS) is 18.6. The molecule has 0 radical (unpaired) electrons. The third-order valence-corrected chi connectivity index (χ3v) is 5.09. The van der Waals surface area contributed by atoms with Crippen LogP contribution in [0.25, 0.3) is 0 Å². The molecule has 1 aromatic carbocycles. The van der Waals surface area contributed by atoms with Gasteiger partial charge >= 0.3 is 6.09 Å². The average molecular weight is 369 g/mol. The third kappa shape index (κ3) is 4.01. The molecule has 8 heteroatoms. The largest absolute Gasteiger partial charge is 0.443 e. The van der Waals surface area contributed by atoms with Crippen molar-refractivity contribution in [1.82, 2.24) is 4.90 Å². The molecule has 0 bridgehead atoms. The van der Waals surface area contributed by atoms with Crippen molar-refractivity contribution in [2.45, 2.75) is 64.0 Å². The summed E-state index contributed by atoms with van der Waals surface area (Å²) >= 11 is 0. The number of aryl methyl sites for hydroxylation is 1. The number of hydrogen-bond acceptors (Lipinski definition) is 5. The molecule has 0 unspecified atom stereocenters. The summed E-state index contributed by atoms with van der Waals surface area (Å²) in [4.78, 5) is 25.5. The van der Waals surface area contributed by atoms with Gasteiger partial charge in [0.1, 0.15) is 5.60 Å². The first-order valence-electron chi connectivity index (χ1n) is 7.95. The predicted octanol–water partition coefficient (Wildman–Crippen LogP) is 3.15. The smallest absolute Gasteiger partial charge is 0.417 e. The highest BCUT2D eigenvalue weighted by atomic mass is 32.2. The first-order valence-corrected chi connectivity index (χ1v) is 9.39. The number of ether oxygens (including phenoxy) is 1. The number of carbonyl (C=O) groups excluding carboxylic acids is 2. The van der Waals surface area contributed by atoms with Crippen molar-refractivity contribution in [3.63, 3.8) is 0 Å². The Labute approximate surface area is 147 Å². The van der Waals surface area contributed by atoms with Gasteiger partial charge in [0.15, 0.2) is 0 Å². The summed E-state index contributed by atoms with van der Waals surface area (Å²) in [7, 11) is -4.40. The van der Waals surface area contributed by atoms with Crippen LogP contribution in [0.15, 0.2) is 17.0 Å². The predicted molar refractivity (Wildman–Crippen MR) is 90.8 cm³/mol. The number of imide groups is 1. The number of benzene rings is 1. The Morgan fingerprint density at radius 2 is 1.88 bits per heavy atom. The summed E-state index contributed by atoms with van der Waals surface area (Å²) in [6.45, 7) is 8.44. The molecule has 7 nitrogen and oxygen atoms in total. The standard InChI is InChI=1S/C17H23NO6S/c1-10-6-8-13(25(21,22)23)11(2)15(10)12-7-9-14(19)18(12)16(20)24-17(3,4)5/h6,8,12H,7,9H2,1-5H3,(H,21,22,23)/t12-/m0/s1. The molecule has 0 spiro atoms. The number of hydrogen-bond donors (Lipinski definition) is 1. The van der Waals surface area contributed by atoms with Crippen LogP contribution in [0.1, 0.15) is 56.3 Å². The van der Waals surface area contributed by atoms with Crippen molar-refractivity contribution in [2.75, 3.05) is 0 Å². The van der Waals surface area contributed by atoms with Crippen LogP contribution in [0.3, 0.4) is 0 Å². The fourth-order valence-electron chi connectivity index (χ4n) is 3.13. The lowest BCUT2D eigenvalue weighted by atomic mass is 9.94. The maximum atomic E-state index is 12.5. The fraction of sp³-hybridized carbons (Fsp3) is 0.529. The zero-order valence-electron chi connectivity index (χ0n) is 15.0. The van der Waals surface area contributed by atoms with Gasteiger partial charge in [0, 0.05) is 6.42 Å². The number of likely N-dealkylation sites (tertiary alicyclic amines) is 1. The molecule has 0 saturated carbocycles. The number of rotatable bonds is 2.